The molecular weight excluding hydrogens is 434 g/mol. The molecular formula is C16H21F3IN3O. The van der Waals surface area contributed by atoms with E-state index in [1.54, 1.807) is 13.1 Å². The lowest BCUT2D eigenvalue weighted by Gasteiger charge is -2.35. The van der Waals surface area contributed by atoms with Crippen molar-refractivity contribution in [2.75, 3.05) is 26.7 Å². The lowest BCUT2D eigenvalue weighted by Crippen LogP contribution is -2.48. The molecule has 134 valence electrons. The Morgan fingerprint density at radius 2 is 2.08 bits per heavy atom. The second-order valence-electron chi connectivity index (χ2n) is 5.89. The van der Waals surface area contributed by atoms with Gasteiger partial charge in [-0.3, -0.25) is 4.99 Å². The number of nitrogens with zero attached hydrogens (tertiary/aromatic N) is 2. The zero-order valence-electron chi connectivity index (χ0n) is 13.3. The highest BCUT2D eigenvalue weighted by Crippen LogP contribution is 2.32. The van der Waals surface area contributed by atoms with Crippen LogP contribution >= 0.6 is 24.0 Å². The van der Waals surface area contributed by atoms with Crippen LogP contribution in [0.4, 0.5) is 13.2 Å². The highest BCUT2D eigenvalue weighted by Gasteiger charge is 2.32. The molecule has 3 rings (SSSR count). The molecule has 1 atom stereocenters. The number of alkyl halides is 3. The van der Waals surface area contributed by atoms with Gasteiger partial charge in [-0.2, -0.15) is 13.2 Å². The van der Waals surface area contributed by atoms with Crippen LogP contribution in [0.5, 0.6) is 0 Å². The fourth-order valence-electron chi connectivity index (χ4n) is 2.67. The fraction of sp³-hybridized carbons (Fsp3) is 0.562. The average molecular weight is 455 g/mol. The number of nitrogens with one attached hydrogen (secondary N) is 1. The van der Waals surface area contributed by atoms with Gasteiger partial charge in [-0.25, -0.2) is 0 Å². The van der Waals surface area contributed by atoms with E-state index in [-0.39, 0.29) is 30.1 Å². The highest BCUT2D eigenvalue weighted by molar-refractivity contribution is 14.0. The van der Waals surface area contributed by atoms with Gasteiger partial charge in [0.05, 0.1) is 18.7 Å². The molecule has 0 spiro atoms. The Labute approximate surface area is 156 Å². The van der Waals surface area contributed by atoms with Gasteiger partial charge in [0.15, 0.2) is 5.96 Å². The zero-order chi connectivity index (χ0) is 16.4. The van der Waals surface area contributed by atoms with E-state index >= 15 is 0 Å². The molecule has 1 aromatic rings. The summed E-state index contributed by atoms with van der Waals surface area (Å²) < 4.78 is 44.3. The second-order valence-corrected chi connectivity index (χ2v) is 5.89. The Bertz CT molecular complexity index is 590. The lowest BCUT2D eigenvalue weighted by molar-refractivity contribution is -0.137. The van der Waals surface area contributed by atoms with E-state index < -0.39 is 11.7 Å². The van der Waals surface area contributed by atoms with Crippen LogP contribution in [0.25, 0.3) is 0 Å². The molecule has 1 aliphatic heterocycles. The Balaban J connectivity index is 0.00000208. The van der Waals surface area contributed by atoms with Crippen LogP contribution in [0.2, 0.25) is 0 Å². The number of hydrogen-bond acceptors (Lipinski definition) is 2. The smallest absolute Gasteiger partial charge is 0.370 e. The first-order valence-electron chi connectivity index (χ1n) is 7.74. The topological polar surface area (TPSA) is 36.9 Å². The summed E-state index contributed by atoms with van der Waals surface area (Å²) in [5.41, 5.74) is -0.0948. The Morgan fingerprint density at radius 3 is 2.71 bits per heavy atom. The van der Waals surface area contributed by atoms with Crippen LogP contribution in [-0.4, -0.2) is 43.6 Å². The van der Waals surface area contributed by atoms with Crippen LogP contribution in [0, 0.1) is 0 Å². The second kappa shape index (κ2) is 7.90. The molecule has 0 bridgehead atoms. The maximum atomic E-state index is 12.9. The molecule has 1 saturated heterocycles. The maximum Gasteiger partial charge on any atom is 0.416 e. The molecule has 0 aromatic heterocycles. The summed E-state index contributed by atoms with van der Waals surface area (Å²) in [6, 6.07) is 5.84. The third-order valence-corrected chi connectivity index (χ3v) is 4.07. The molecule has 1 N–H and O–H groups in total. The number of benzene rings is 1. The third-order valence-electron chi connectivity index (χ3n) is 4.07. The number of ether oxygens (including phenoxy) is 1. The predicted molar refractivity (Wildman–Crippen MR) is 96.6 cm³/mol. The molecule has 24 heavy (non-hydrogen) atoms. The molecule has 4 nitrogen and oxygen atoms in total. The number of morpholine rings is 1. The minimum Gasteiger partial charge on any atom is -0.370 e. The van der Waals surface area contributed by atoms with E-state index in [2.05, 4.69) is 10.3 Å². The zero-order valence-corrected chi connectivity index (χ0v) is 15.7. The summed E-state index contributed by atoms with van der Waals surface area (Å²) in [5.74, 6) is 0.799. The molecule has 2 aliphatic rings. The minimum atomic E-state index is -4.34. The van der Waals surface area contributed by atoms with Crippen molar-refractivity contribution < 1.29 is 17.9 Å². The molecule has 1 saturated carbocycles. The Kier molecular flexibility index (Phi) is 6.35. The monoisotopic (exact) mass is 455 g/mol. The number of halogens is 4. The highest BCUT2D eigenvalue weighted by atomic mass is 127. The largest absolute Gasteiger partial charge is 0.416 e. The van der Waals surface area contributed by atoms with Crippen molar-refractivity contribution in [1.29, 1.82) is 0 Å². The van der Waals surface area contributed by atoms with Gasteiger partial charge < -0.3 is 15.0 Å². The van der Waals surface area contributed by atoms with Crippen molar-refractivity contribution >= 4 is 29.9 Å². The van der Waals surface area contributed by atoms with Crippen molar-refractivity contribution in [2.45, 2.75) is 31.2 Å². The molecule has 2 fully saturated rings. The van der Waals surface area contributed by atoms with E-state index in [0.29, 0.717) is 31.3 Å². The molecule has 1 aliphatic carbocycles. The first-order valence-corrected chi connectivity index (χ1v) is 7.74. The molecule has 1 aromatic carbocycles. The summed E-state index contributed by atoms with van der Waals surface area (Å²) in [4.78, 5) is 6.32. The van der Waals surface area contributed by atoms with Crippen LogP contribution < -0.4 is 5.32 Å². The van der Waals surface area contributed by atoms with Gasteiger partial charge in [-0.15, -0.1) is 24.0 Å². The summed E-state index contributed by atoms with van der Waals surface area (Å²) in [7, 11) is 1.72. The summed E-state index contributed by atoms with van der Waals surface area (Å²) in [6.45, 7) is 1.64. The van der Waals surface area contributed by atoms with E-state index in [1.807, 2.05) is 4.90 Å². The molecule has 8 heteroatoms. The number of guanidine groups is 1. The summed E-state index contributed by atoms with van der Waals surface area (Å²) in [6.07, 6.45) is -2.45. The number of aliphatic imine (C=N–C) groups is 1. The molecule has 0 radical (unpaired) electrons. The summed E-state index contributed by atoms with van der Waals surface area (Å²) in [5, 5.41) is 3.36. The summed E-state index contributed by atoms with van der Waals surface area (Å²) >= 11 is 0. The van der Waals surface area contributed by atoms with E-state index in [1.165, 1.54) is 12.1 Å². The van der Waals surface area contributed by atoms with Crippen molar-refractivity contribution in [3.8, 4) is 0 Å². The molecule has 1 unspecified atom stereocenters. The van der Waals surface area contributed by atoms with Crippen LogP contribution in [0.15, 0.2) is 29.3 Å². The Morgan fingerprint density at radius 1 is 1.33 bits per heavy atom. The lowest BCUT2D eigenvalue weighted by atomic mass is 10.0. The quantitative estimate of drug-likeness (QED) is 0.422. The molecule has 1 heterocycles. The van der Waals surface area contributed by atoms with Crippen molar-refractivity contribution in [3.05, 3.63) is 35.4 Å². The number of hydrogen-bond donors (Lipinski definition) is 1. The SMILES string of the molecule is CN=C(NC1CC1)N1CCOC(c2cccc(C(F)(F)F)c2)C1.I. The van der Waals surface area contributed by atoms with Gasteiger partial charge >= 0.3 is 6.18 Å². The van der Waals surface area contributed by atoms with Crippen molar-refractivity contribution in [1.82, 2.24) is 10.2 Å². The van der Waals surface area contributed by atoms with E-state index in [0.717, 1.165) is 24.9 Å². The van der Waals surface area contributed by atoms with E-state index in [9.17, 15) is 13.2 Å². The Hall–Kier alpha value is -1.03. The predicted octanol–water partition coefficient (Wildman–Crippen LogP) is 3.43. The first-order chi connectivity index (χ1) is 11.0. The van der Waals surface area contributed by atoms with Crippen LogP contribution in [0.3, 0.4) is 0 Å². The average Bonchev–Trinajstić information content (AvgIpc) is 3.36. The van der Waals surface area contributed by atoms with Gasteiger partial charge in [0.2, 0.25) is 0 Å². The maximum absolute atomic E-state index is 12.9. The van der Waals surface area contributed by atoms with Gasteiger partial charge in [-0.1, -0.05) is 12.1 Å². The van der Waals surface area contributed by atoms with Crippen molar-refractivity contribution in [2.24, 2.45) is 4.99 Å². The van der Waals surface area contributed by atoms with Gasteiger partial charge in [0.25, 0.3) is 0 Å². The van der Waals surface area contributed by atoms with Crippen molar-refractivity contribution in [3.63, 3.8) is 0 Å². The van der Waals surface area contributed by atoms with Crippen LogP contribution in [-0.2, 0) is 10.9 Å². The third kappa shape index (κ3) is 4.75. The van der Waals surface area contributed by atoms with Gasteiger partial charge in [-0.05, 0) is 30.5 Å². The first kappa shape index (κ1) is 19.3. The number of rotatable bonds is 2. The normalized spacial score (nSPS) is 22.1. The standard InChI is InChI=1S/C16H20F3N3O.HI/c1-20-15(21-13-5-6-13)22-7-8-23-14(10-22)11-3-2-4-12(9-11)16(17,18)19;/h2-4,9,13-14H,5-8,10H2,1H3,(H,20,21);1H. The molecule has 0 amide bonds. The van der Waals surface area contributed by atoms with Gasteiger partial charge in [0.1, 0.15) is 6.10 Å². The minimum absolute atomic E-state index is 0. The fourth-order valence-corrected chi connectivity index (χ4v) is 2.67. The van der Waals surface area contributed by atoms with E-state index in [4.69, 9.17) is 4.74 Å². The van der Waals surface area contributed by atoms with Gasteiger partial charge in [0, 0.05) is 19.6 Å². The van der Waals surface area contributed by atoms with Crippen LogP contribution in [0.1, 0.15) is 30.1 Å².